The van der Waals surface area contributed by atoms with E-state index in [9.17, 15) is 9.18 Å². The second kappa shape index (κ2) is 8.55. The van der Waals surface area contributed by atoms with Gasteiger partial charge in [-0.2, -0.15) is 0 Å². The zero-order valence-corrected chi connectivity index (χ0v) is 17.4. The van der Waals surface area contributed by atoms with E-state index in [0.717, 1.165) is 9.14 Å². The van der Waals surface area contributed by atoms with Gasteiger partial charge in [0.05, 0.1) is 16.2 Å². The summed E-state index contributed by atoms with van der Waals surface area (Å²) in [4.78, 5) is 16.3. The fourth-order valence-corrected chi connectivity index (χ4v) is 3.26. The Morgan fingerprint density at radius 3 is 2.79 bits per heavy atom. The second-order valence-corrected chi connectivity index (χ2v) is 7.26. The molecule has 0 N–H and O–H groups in total. The van der Waals surface area contributed by atoms with E-state index in [1.54, 1.807) is 24.3 Å². The van der Waals surface area contributed by atoms with Gasteiger partial charge in [-0.1, -0.05) is 18.7 Å². The van der Waals surface area contributed by atoms with E-state index in [1.165, 1.54) is 19.2 Å². The Labute approximate surface area is 175 Å². The topological polar surface area (TPSA) is 57.1 Å². The maximum absolute atomic E-state index is 13.9. The Morgan fingerprint density at radius 1 is 1.36 bits per heavy atom. The van der Waals surface area contributed by atoms with Gasteiger partial charge in [-0.05, 0) is 71.0 Å². The lowest BCUT2D eigenvalue weighted by molar-refractivity contribution is -0.129. The molecule has 0 saturated heterocycles. The van der Waals surface area contributed by atoms with Gasteiger partial charge in [-0.15, -0.1) is 0 Å². The van der Waals surface area contributed by atoms with Crippen molar-refractivity contribution in [3.8, 4) is 11.5 Å². The molecule has 1 aliphatic heterocycles. The highest BCUT2D eigenvalue weighted by Crippen LogP contribution is 2.35. The third-order valence-corrected chi connectivity index (χ3v) is 4.54. The van der Waals surface area contributed by atoms with E-state index in [1.807, 2.05) is 13.0 Å². The Balaban J connectivity index is 1.94. The summed E-state index contributed by atoms with van der Waals surface area (Å²) < 4.78 is 31.0. The highest BCUT2D eigenvalue weighted by atomic mass is 127. The van der Waals surface area contributed by atoms with Gasteiger partial charge in [0.2, 0.25) is 5.90 Å². The van der Waals surface area contributed by atoms with E-state index < -0.39 is 11.8 Å². The quantitative estimate of drug-likeness (QED) is 0.253. The number of aliphatic imine (C=N–C) groups is 1. The molecule has 3 rings (SSSR count). The number of carbonyl (C=O) groups excluding carboxylic acids is 1. The van der Waals surface area contributed by atoms with Crippen LogP contribution in [0.3, 0.4) is 0 Å². The highest BCUT2D eigenvalue weighted by molar-refractivity contribution is 14.1. The molecule has 2 aromatic rings. The van der Waals surface area contributed by atoms with Crippen molar-refractivity contribution in [2.75, 3.05) is 13.7 Å². The van der Waals surface area contributed by atoms with Crippen LogP contribution in [-0.2, 0) is 9.53 Å². The molecule has 1 heterocycles. The molecule has 0 fully saturated rings. The predicted octanol–water partition coefficient (Wildman–Crippen LogP) is 4.74. The minimum atomic E-state index is -0.644. The van der Waals surface area contributed by atoms with E-state index in [0.29, 0.717) is 23.7 Å². The molecule has 7 heteroatoms. The lowest BCUT2D eigenvalue weighted by Crippen LogP contribution is -2.07. The Hall–Kier alpha value is -2.68. The summed E-state index contributed by atoms with van der Waals surface area (Å²) >= 11 is 2.13. The average molecular weight is 493 g/mol. The molecule has 0 radical (unpaired) electrons. The number of halogens is 2. The van der Waals surface area contributed by atoms with Gasteiger partial charge in [0, 0.05) is 0 Å². The van der Waals surface area contributed by atoms with Crippen molar-refractivity contribution in [3.63, 3.8) is 0 Å². The minimum absolute atomic E-state index is 0.0579. The maximum atomic E-state index is 13.9. The summed E-state index contributed by atoms with van der Waals surface area (Å²) in [5.41, 5.74) is 1.77. The summed E-state index contributed by atoms with van der Waals surface area (Å²) in [5.74, 6) is -0.0970. The number of esters is 1. The third kappa shape index (κ3) is 4.41. The molecule has 0 aromatic heterocycles. The van der Waals surface area contributed by atoms with Crippen molar-refractivity contribution >= 4 is 40.5 Å². The molecule has 0 saturated carbocycles. The predicted molar refractivity (Wildman–Crippen MR) is 113 cm³/mol. The second-order valence-electron chi connectivity index (χ2n) is 6.10. The summed E-state index contributed by atoms with van der Waals surface area (Å²) in [5, 5.41) is 0. The van der Waals surface area contributed by atoms with Gasteiger partial charge in [0.15, 0.2) is 17.2 Å². The van der Waals surface area contributed by atoms with E-state index in [2.05, 4.69) is 34.2 Å². The molecule has 0 bridgehead atoms. The van der Waals surface area contributed by atoms with Crippen LogP contribution in [0.15, 0.2) is 59.2 Å². The smallest absolute Gasteiger partial charge is 0.363 e. The minimum Gasteiger partial charge on any atom is -0.493 e. The summed E-state index contributed by atoms with van der Waals surface area (Å²) in [6.45, 7) is 6.06. The number of methoxy groups -OCH3 is 1. The van der Waals surface area contributed by atoms with Crippen LogP contribution in [0.5, 0.6) is 11.5 Å². The van der Waals surface area contributed by atoms with Gasteiger partial charge in [0.1, 0.15) is 12.4 Å². The Bertz CT molecular complexity index is 1010. The first-order chi connectivity index (χ1) is 13.4. The standard InChI is InChI=1S/C21H17FINO4/c1-12(2)11-27-19-16(23)8-13(10-18(19)26-3)9-17-21(25)28-20(24-17)14-6-4-5-7-15(14)22/h4-10H,1,11H2,2-3H3/b17-9+. The number of rotatable bonds is 6. The number of hydrogen-bond acceptors (Lipinski definition) is 5. The molecule has 0 amide bonds. The molecular weight excluding hydrogens is 476 g/mol. The number of hydrogen-bond donors (Lipinski definition) is 0. The van der Waals surface area contributed by atoms with Gasteiger partial charge in [-0.25, -0.2) is 14.2 Å². The number of ether oxygens (including phenoxy) is 3. The van der Waals surface area contributed by atoms with E-state index >= 15 is 0 Å². The fourth-order valence-electron chi connectivity index (χ4n) is 2.48. The zero-order chi connectivity index (χ0) is 20.3. The van der Waals surface area contributed by atoms with Crippen molar-refractivity contribution < 1.29 is 23.4 Å². The first kappa shape index (κ1) is 20.1. The van der Waals surface area contributed by atoms with Crippen molar-refractivity contribution in [3.05, 3.63) is 74.8 Å². The SMILES string of the molecule is C=C(C)COc1c(I)cc(/C=C2/N=C(c3ccccc3F)OC2=O)cc1OC. The van der Waals surface area contributed by atoms with Crippen LogP contribution in [0.25, 0.3) is 6.08 Å². The molecule has 5 nitrogen and oxygen atoms in total. The lowest BCUT2D eigenvalue weighted by Gasteiger charge is -2.13. The first-order valence-corrected chi connectivity index (χ1v) is 9.39. The summed E-state index contributed by atoms with van der Waals surface area (Å²) in [6, 6.07) is 9.54. The maximum Gasteiger partial charge on any atom is 0.363 e. The largest absolute Gasteiger partial charge is 0.493 e. The monoisotopic (exact) mass is 493 g/mol. The molecule has 0 spiro atoms. The van der Waals surface area contributed by atoms with E-state index in [4.69, 9.17) is 14.2 Å². The number of carbonyl (C=O) groups is 1. The van der Waals surface area contributed by atoms with Crippen LogP contribution in [0, 0.1) is 9.39 Å². The molecule has 2 aromatic carbocycles. The Morgan fingerprint density at radius 2 is 2.11 bits per heavy atom. The van der Waals surface area contributed by atoms with Crippen LogP contribution in [0.4, 0.5) is 4.39 Å². The number of cyclic esters (lactones) is 1. The molecule has 0 unspecified atom stereocenters. The van der Waals surface area contributed by atoms with Crippen LogP contribution in [-0.4, -0.2) is 25.6 Å². The van der Waals surface area contributed by atoms with Gasteiger partial charge < -0.3 is 14.2 Å². The summed E-state index contributed by atoms with van der Waals surface area (Å²) in [6.07, 6.45) is 1.56. The third-order valence-electron chi connectivity index (χ3n) is 3.74. The van der Waals surface area contributed by atoms with Crippen molar-refractivity contribution in [2.24, 2.45) is 4.99 Å². The molecule has 28 heavy (non-hydrogen) atoms. The molecule has 1 aliphatic rings. The van der Waals surface area contributed by atoms with Gasteiger partial charge in [-0.3, -0.25) is 0 Å². The lowest BCUT2D eigenvalue weighted by atomic mass is 10.1. The van der Waals surface area contributed by atoms with Crippen LogP contribution in [0.1, 0.15) is 18.1 Å². The molecule has 144 valence electrons. The van der Waals surface area contributed by atoms with Crippen LogP contribution >= 0.6 is 22.6 Å². The van der Waals surface area contributed by atoms with Crippen LogP contribution < -0.4 is 9.47 Å². The van der Waals surface area contributed by atoms with Crippen LogP contribution in [0.2, 0.25) is 0 Å². The summed E-state index contributed by atoms with van der Waals surface area (Å²) in [7, 11) is 1.54. The molecule has 0 aliphatic carbocycles. The average Bonchev–Trinajstić information content (AvgIpc) is 3.00. The van der Waals surface area contributed by atoms with E-state index in [-0.39, 0.29) is 17.2 Å². The van der Waals surface area contributed by atoms with Crippen molar-refractivity contribution in [1.29, 1.82) is 0 Å². The molecular formula is C21H17FINO4. The highest BCUT2D eigenvalue weighted by Gasteiger charge is 2.26. The first-order valence-electron chi connectivity index (χ1n) is 8.31. The normalized spacial score (nSPS) is 14.6. The van der Waals surface area contributed by atoms with Crippen molar-refractivity contribution in [2.45, 2.75) is 6.92 Å². The van der Waals surface area contributed by atoms with Gasteiger partial charge >= 0.3 is 5.97 Å². The van der Waals surface area contributed by atoms with Gasteiger partial charge in [0.25, 0.3) is 0 Å². The zero-order valence-electron chi connectivity index (χ0n) is 15.3. The molecule has 0 atom stereocenters. The number of nitrogens with zero attached hydrogens (tertiary/aromatic N) is 1. The fraction of sp³-hybridized carbons (Fsp3) is 0.143. The number of benzene rings is 2. The Kier molecular flexibility index (Phi) is 6.13. The van der Waals surface area contributed by atoms with Crippen molar-refractivity contribution in [1.82, 2.24) is 0 Å².